The number of amides is 1. The molecule has 3 rings (SSSR count). The largest absolute Gasteiger partial charge is 0.444 e. The predicted octanol–water partition coefficient (Wildman–Crippen LogP) is 3.88. The molecule has 24 heavy (non-hydrogen) atoms. The Balaban J connectivity index is 1.81. The molecular weight excluding hydrogens is 309 g/mol. The molecule has 1 aromatic rings. The number of aryl methyl sites for hydroxylation is 1. The van der Waals surface area contributed by atoms with E-state index in [0.29, 0.717) is 18.4 Å². The Morgan fingerprint density at radius 3 is 2.38 bits per heavy atom. The van der Waals surface area contributed by atoms with Gasteiger partial charge in [-0.3, -0.25) is 0 Å². The zero-order valence-corrected chi connectivity index (χ0v) is 14.8. The minimum absolute atomic E-state index is 0.0334. The van der Waals surface area contributed by atoms with Crippen molar-refractivity contribution in [1.29, 1.82) is 0 Å². The van der Waals surface area contributed by atoms with E-state index in [-0.39, 0.29) is 24.0 Å². The molecule has 2 saturated heterocycles. The summed E-state index contributed by atoms with van der Waals surface area (Å²) in [6.07, 6.45) is 2.37. The number of aliphatic hydroxyl groups is 1. The summed E-state index contributed by atoms with van der Waals surface area (Å²) in [5.74, 6) is -0.267. The van der Waals surface area contributed by atoms with Gasteiger partial charge in [-0.15, -0.1) is 0 Å². The molecule has 2 aliphatic rings. The van der Waals surface area contributed by atoms with Crippen molar-refractivity contribution in [2.45, 2.75) is 76.7 Å². The quantitative estimate of drug-likeness (QED) is 0.847. The van der Waals surface area contributed by atoms with E-state index >= 15 is 0 Å². The van der Waals surface area contributed by atoms with Crippen molar-refractivity contribution >= 4 is 6.09 Å². The summed E-state index contributed by atoms with van der Waals surface area (Å²) < 4.78 is 19.1. The first-order chi connectivity index (χ1) is 11.1. The first-order valence-corrected chi connectivity index (χ1v) is 8.59. The molecule has 0 radical (unpaired) electrons. The standard InChI is InChI=1S/C19H26FNO3/c1-12-9-13(5-8-16(12)20)19(23)10-14-6-7-15(11-19)21(14)17(22)24-18(2,3)4/h5,8-9,14-15,23H,6-7,10-11H2,1-4H3. The molecule has 0 aromatic heterocycles. The summed E-state index contributed by atoms with van der Waals surface area (Å²) in [6, 6.07) is 4.72. The fourth-order valence-corrected chi connectivity index (χ4v) is 4.01. The molecule has 0 aliphatic carbocycles. The van der Waals surface area contributed by atoms with Gasteiger partial charge in [0.2, 0.25) is 0 Å². The van der Waals surface area contributed by atoms with Crippen LogP contribution in [0.5, 0.6) is 0 Å². The topological polar surface area (TPSA) is 49.8 Å². The number of rotatable bonds is 1. The molecule has 5 heteroatoms. The van der Waals surface area contributed by atoms with Gasteiger partial charge in [0.1, 0.15) is 11.4 Å². The smallest absolute Gasteiger partial charge is 0.410 e. The Hall–Kier alpha value is -1.62. The first-order valence-electron chi connectivity index (χ1n) is 8.59. The minimum Gasteiger partial charge on any atom is -0.444 e. The van der Waals surface area contributed by atoms with Gasteiger partial charge >= 0.3 is 6.09 Å². The lowest BCUT2D eigenvalue weighted by Gasteiger charge is -2.44. The van der Waals surface area contributed by atoms with Gasteiger partial charge in [0, 0.05) is 24.9 Å². The predicted molar refractivity (Wildman–Crippen MR) is 89.2 cm³/mol. The van der Waals surface area contributed by atoms with E-state index in [0.717, 1.165) is 18.4 Å². The zero-order chi connectivity index (χ0) is 17.7. The van der Waals surface area contributed by atoms with Gasteiger partial charge in [-0.2, -0.15) is 0 Å². The maximum Gasteiger partial charge on any atom is 0.410 e. The first kappa shape index (κ1) is 17.2. The second-order valence-corrected chi connectivity index (χ2v) is 8.18. The number of ether oxygens (including phenoxy) is 1. The molecule has 1 N–H and O–H groups in total. The number of fused-ring (bicyclic) bond motifs is 2. The number of piperidine rings is 1. The number of benzene rings is 1. The average Bonchev–Trinajstić information content (AvgIpc) is 2.73. The van der Waals surface area contributed by atoms with Gasteiger partial charge in [0.05, 0.1) is 5.60 Å². The molecule has 132 valence electrons. The van der Waals surface area contributed by atoms with Crippen LogP contribution in [-0.2, 0) is 10.3 Å². The van der Waals surface area contributed by atoms with Crippen LogP contribution in [0.4, 0.5) is 9.18 Å². The molecular formula is C19H26FNO3. The SMILES string of the molecule is Cc1cc(C2(O)CC3CCC(C2)N3C(=O)OC(C)(C)C)ccc1F. The highest BCUT2D eigenvalue weighted by molar-refractivity contribution is 5.69. The van der Waals surface area contributed by atoms with E-state index in [1.165, 1.54) is 6.07 Å². The van der Waals surface area contributed by atoms with E-state index < -0.39 is 11.2 Å². The number of nitrogens with zero attached hydrogens (tertiary/aromatic N) is 1. The van der Waals surface area contributed by atoms with E-state index in [4.69, 9.17) is 4.74 Å². The van der Waals surface area contributed by atoms with E-state index in [1.807, 2.05) is 20.8 Å². The van der Waals surface area contributed by atoms with Crippen molar-refractivity contribution < 1.29 is 19.0 Å². The van der Waals surface area contributed by atoms with Crippen molar-refractivity contribution in [3.8, 4) is 0 Å². The fourth-order valence-electron chi connectivity index (χ4n) is 4.01. The normalized spacial score (nSPS) is 29.7. The van der Waals surface area contributed by atoms with Gasteiger partial charge in [-0.05, 0) is 57.7 Å². The van der Waals surface area contributed by atoms with Crippen LogP contribution in [0.25, 0.3) is 0 Å². The average molecular weight is 335 g/mol. The number of halogens is 1. The Bertz CT molecular complexity index is 639. The number of hydrogen-bond acceptors (Lipinski definition) is 3. The van der Waals surface area contributed by atoms with Crippen molar-refractivity contribution in [2.24, 2.45) is 0 Å². The lowest BCUT2D eigenvalue weighted by molar-refractivity contribution is -0.0624. The lowest BCUT2D eigenvalue weighted by Crippen LogP contribution is -2.53. The number of carbonyl (C=O) groups excluding carboxylic acids is 1. The maximum atomic E-state index is 13.5. The molecule has 1 aromatic carbocycles. The van der Waals surface area contributed by atoms with E-state index in [2.05, 4.69) is 0 Å². The molecule has 0 spiro atoms. The second-order valence-electron chi connectivity index (χ2n) is 8.18. The van der Waals surface area contributed by atoms with Gasteiger partial charge in [-0.25, -0.2) is 9.18 Å². The van der Waals surface area contributed by atoms with Crippen molar-refractivity contribution in [3.63, 3.8) is 0 Å². The summed E-state index contributed by atoms with van der Waals surface area (Å²) in [5, 5.41) is 11.2. The van der Waals surface area contributed by atoms with Crippen LogP contribution in [0.2, 0.25) is 0 Å². The highest BCUT2D eigenvalue weighted by Gasteiger charge is 2.51. The minimum atomic E-state index is -1.01. The van der Waals surface area contributed by atoms with Crippen LogP contribution in [0, 0.1) is 12.7 Å². The Labute approximate surface area is 142 Å². The third-order valence-corrected chi connectivity index (χ3v) is 5.07. The molecule has 1 amide bonds. The molecule has 2 bridgehead atoms. The lowest BCUT2D eigenvalue weighted by atomic mass is 9.80. The van der Waals surface area contributed by atoms with Crippen LogP contribution in [0.15, 0.2) is 18.2 Å². The zero-order valence-electron chi connectivity index (χ0n) is 14.8. The number of hydrogen-bond donors (Lipinski definition) is 1. The third kappa shape index (κ3) is 3.14. The maximum absolute atomic E-state index is 13.5. The Morgan fingerprint density at radius 1 is 1.29 bits per heavy atom. The van der Waals surface area contributed by atoms with Gasteiger partial charge in [0.25, 0.3) is 0 Å². The molecule has 4 nitrogen and oxygen atoms in total. The Kier molecular flexibility index (Phi) is 4.11. The third-order valence-electron chi connectivity index (χ3n) is 5.07. The van der Waals surface area contributed by atoms with Crippen molar-refractivity contribution in [1.82, 2.24) is 4.90 Å². The Morgan fingerprint density at radius 2 is 1.88 bits per heavy atom. The second kappa shape index (κ2) is 5.73. The summed E-state index contributed by atoms with van der Waals surface area (Å²) in [6.45, 7) is 7.27. The molecule has 2 atom stereocenters. The summed E-state index contributed by atoms with van der Waals surface area (Å²) in [7, 11) is 0. The molecule has 2 aliphatic heterocycles. The summed E-state index contributed by atoms with van der Waals surface area (Å²) >= 11 is 0. The molecule has 0 saturated carbocycles. The van der Waals surface area contributed by atoms with Crippen LogP contribution >= 0.6 is 0 Å². The molecule has 2 heterocycles. The molecule has 2 fully saturated rings. The van der Waals surface area contributed by atoms with Crippen LogP contribution in [0.3, 0.4) is 0 Å². The van der Waals surface area contributed by atoms with Crippen LogP contribution in [-0.4, -0.2) is 33.8 Å². The van der Waals surface area contributed by atoms with Crippen molar-refractivity contribution in [3.05, 3.63) is 35.1 Å². The highest BCUT2D eigenvalue weighted by atomic mass is 19.1. The molecule has 2 unspecified atom stereocenters. The van der Waals surface area contributed by atoms with E-state index in [9.17, 15) is 14.3 Å². The van der Waals surface area contributed by atoms with Gasteiger partial charge in [0.15, 0.2) is 0 Å². The van der Waals surface area contributed by atoms with Gasteiger partial charge < -0.3 is 14.7 Å². The fraction of sp³-hybridized carbons (Fsp3) is 0.632. The number of carbonyl (C=O) groups is 1. The van der Waals surface area contributed by atoms with Crippen molar-refractivity contribution in [2.75, 3.05) is 0 Å². The van der Waals surface area contributed by atoms with Crippen LogP contribution < -0.4 is 0 Å². The van der Waals surface area contributed by atoms with E-state index in [1.54, 1.807) is 24.0 Å². The van der Waals surface area contributed by atoms with Crippen LogP contribution in [0.1, 0.15) is 57.6 Å². The highest BCUT2D eigenvalue weighted by Crippen LogP contribution is 2.46. The van der Waals surface area contributed by atoms with Gasteiger partial charge in [-0.1, -0.05) is 12.1 Å². The summed E-state index contributed by atoms with van der Waals surface area (Å²) in [5.41, 5.74) is -0.272. The monoisotopic (exact) mass is 335 g/mol. The summed E-state index contributed by atoms with van der Waals surface area (Å²) in [4.78, 5) is 14.3.